The fourth-order valence-corrected chi connectivity index (χ4v) is 2.75. The van der Waals surface area contributed by atoms with E-state index in [2.05, 4.69) is 15.9 Å². The van der Waals surface area contributed by atoms with Crippen molar-refractivity contribution in [3.63, 3.8) is 0 Å². The first kappa shape index (κ1) is 14.9. The summed E-state index contributed by atoms with van der Waals surface area (Å²) in [5, 5.41) is 9.27. The maximum atomic E-state index is 11.3. The van der Waals surface area contributed by atoms with E-state index in [1.54, 1.807) is 12.1 Å². The van der Waals surface area contributed by atoms with E-state index >= 15 is 0 Å². The van der Waals surface area contributed by atoms with E-state index in [0.29, 0.717) is 12.3 Å². The van der Waals surface area contributed by atoms with E-state index in [4.69, 9.17) is 4.74 Å². The number of nitrogens with zero attached hydrogens (tertiary/aromatic N) is 1. The molecule has 4 nitrogen and oxygen atoms in total. The number of benzene rings is 2. The van der Waals surface area contributed by atoms with Crippen LogP contribution in [0.15, 0.2) is 53.0 Å². The topological polar surface area (TPSA) is 49.8 Å². The van der Waals surface area contributed by atoms with Crippen LogP contribution in [0.25, 0.3) is 0 Å². The van der Waals surface area contributed by atoms with Gasteiger partial charge in [0.15, 0.2) is 0 Å². The highest BCUT2D eigenvalue weighted by Crippen LogP contribution is 2.32. The van der Waals surface area contributed by atoms with Crippen molar-refractivity contribution >= 4 is 27.7 Å². The van der Waals surface area contributed by atoms with Gasteiger partial charge in [0, 0.05) is 16.2 Å². The highest BCUT2D eigenvalue weighted by molar-refractivity contribution is 9.10. The van der Waals surface area contributed by atoms with Gasteiger partial charge in [-0.05, 0) is 54.8 Å². The normalized spacial score (nSPS) is 13.7. The Morgan fingerprint density at radius 1 is 1.23 bits per heavy atom. The average molecular weight is 362 g/mol. The molecular weight excluding hydrogens is 346 g/mol. The molecule has 1 aliphatic carbocycles. The number of halogens is 1. The second kappa shape index (κ2) is 6.40. The van der Waals surface area contributed by atoms with Crippen molar-refractivity contribution in [2.24, 2.45) is 0 Å². The molecule has 0 aliphatic heterocycles. The standard InChI is InChI=1S/C17H16BrNO3/c18-13-3-1-2-12(10-13)11-22-16-8-6-15(7-9-16)19(17(20)21)14-4-5-14/h1-3,6-10,14H,4-5,11H2,(H,20,21). The van der Waals surface area contributed by atoms with Crippen molar-refractivity contribution < 1.29 is 14.6 Å². The van der Waals surface area contributed by atoms with Crippen LogP contribution in [0.4, 0.5) is 10.5 Å². The molecule has 0 spiro atoms. The average Bonchev–Trinajstić information content (AvgIpc) is 3.31. The van der Waals surface area contributed by atoms with Gasteiger partial charge in [0.1, 0.15) is 12.4 Å². The molecule has 5 heteroatoms. The van der Waals surface area contributed by atoms with Crippen molar-refractivity contribution in [3.05, 3.63) is 58.6 Å². The van der Waals surface area contributed by atoms with Crippen LogP contribution in [0, 0.1) is 0 Å². The van der Waals surface area contributed by atoms with Crippen LogP contribution in [0.5, 0.6) is 5.75 Å². The second-order valence-corrected chi connectivity index (χ2v) is 6.21. The first-order valence-electron chi connectivity index (χ1n) is 7.13. The van der Waals surface area contributed by atoms with Crippen molar-refractivity contribution in [1.29, 1.82) is 0 Å². The van der Waals surface area contributed by atoms with E-state index in [1.807, 2.05) is 36.4 Å². The predicted molar refractivity (Wildman–Crippen MR) is 88.4 cm³/mol. The Kier molecular flexibility index (Phi) is 4.34. The van der Waals surface area contributed by atoms with Crippen LogP contribution in [0.3, 0.4) is 0 Å². The Balaban J connectivity index is 1.65. The van der Waals surface area contributed by atoms with Crippen molar-refractivity contribution in [3.8, 4) is 5.75 Å². The molecule has 1 amide bonds. The van der Waals surface area contributed by atoms with Crippen LogP contribution >= 0.6 is 15.9 Å². The molecular formula is C17H16BrNO3. The molecule has 2 aromatic carbocycles. The van der Waals surface area contributed by atoms with E-state index < -0.39 is 6.09 Å². The van der Waals surface area contributed by atoms with Crippen LogP contribution in [0.1, 0.15) is 18.4 Å². The summed E-state index contributed by atoms with van der Waals surface area (Å²) < 4.78 is 6.75. The SMILES string of the molecule is O=C(O)N(c1ccc(OCc2cccc(Br)c2)cc1)C1CC1. The largest absolute Gasteiger partial charge is 0.489 e. The summed E-state index contributed by atoms with van der Waals surface area (Å²) in [6, 6.07) is 15.3. The zero-order chi connectivity index (χ0) is 15.5. The Morgan fingerprint density at radius 2 is 1.95 bits per heavy atom. The maximum absolute atomic E-state index is 11.3. The zero-order valence-electron chi connectivity index (χ0n) is 11.9. The lowest BCUT2D eigenvalue weighted by Gasteiger charge is -2.19. The highest BCUT2D eigenvalue weighted by Gasteiger charge is 2.33. The van der Waals surface area contributed by atoms with Gasteiger partial charge >= 0.3 is 6.09 Å². The third kappa shape index (κ3) is 3.60. The molecule has 0 heterocycles. The molecule has 3 rings (SSSR count). The number of hydrogen-bond acceptors (Lipinski definition) is 2. The van der Waals surface area contributed by atoms with Gasteiger partial charge in [-0.1, -0.05) is 28.1 Å². The molecule has 2 aromatic rings. The summed E-state index contributed by atoms with van der Waals surface area (Å²) in [5.74, 6) is 0.727. The minimum atomic E-state index is -0.898. The minimum absolute atomic E-state index is 0.130. The lowest BCUT2D eigenvalue weighted by Crippen LogP contribution is -2.31. The number of amides is 1. The number of hydrogen-bond donors (Lipinski definition) is 1. The van der Waals surface area contributed by atoms with Gasteiger partial charge in [0.25, 0.3) is 0 Å². The first-order valence-corrected chi connectivity index (χ1v) is 7.92. The van der Waals surface area contributed by atoms with Gasteiger partial charge in [-0.3, -0.25) is 4.90 Å². The van der Waals surface area contributed by atoms with Crippen molar-refractivity contribution in [2.75, 3.05) is 4.90 Å². The monoisotopic (exact) mass is 361 g/mol. The van der Waals surface area contributed by atoms with E-state index in [-0.39, 0.29) is 6.04 Å². The highest BCUT2D eigenvalue weighted by atomic mass is 79.9. The third-order valence-corrected chi connectivity index (χ3v) is 4.02. The number of rotatable bonds is 5. The van der Waals surface area contributed by atoms with E-state index in [9.17, 15) is 9.90 Å². The van der Waals surface area contributed by atoms with Crippen LogP contribution in [-0.2, 0) is 6.61 Å². The van der Waals surface area contributed by atoms with Gasteiger partial charge in [-0.2, -0.15) is 0 Å². The van der Waals surface area contributed by atoms with Gasteiger partial charge in [0.2, 0.25) is 0 Å². The zero-order valence-corrected chi connectivity index (χ0v) is 13.5. The predicted octanol–water partition coefficient (Wildman–Crippen LogP) is 4.67. The van der Waals surface area contributed by atoms with Crippen LogP contribution < -0.4 is 9.64 Å². The maximum Gasteiger partial charge on any atom is 0.412 e. The molecule has 1 aliphatic rings. The Hall–Kier alpha value is -2.01. The molecule has 1 fully saturated rings. The minimum Gasteiger partial charge on any atom is -0.489 e. The summed E-state index contributed by atoms with van der Waals surface area (Å²) in [7, 11) is 0. The fourth-order valence-electron chi connectivity index (χ4n) is 2.31. The number of anilines is 1. The summed E-state index contributed by atoms with van der Waals surface area (Å²) in [6.07, 6.45) is 0.978. The number of carboxylic acid groups (broad SMARTS) is 1. The molecule has 1 saturated carbocycles. The fraction of sp³-hybridized carbons (Fsp3) is 0.235. The molecule has 0 unspecified atom stereocenters. The molecule has 0 aromatic heterocycles. The summed E-state index contributed by atoms with van der Waals surface area (Å²) >= 11 is 3.43. The van der Waals surface area contributed by atoms with Gasteiger partial charge in [-0.25, -0.2) is 4.79 Å². The van der Waals surface area contributed by atoms with E-state index in [1.165, 1.54) is 4.90 Å². The lowest BCUT2D eigenvalue weighted by molar-refractivity contribution is 0.201. The van der Waals surface area contributed by atoms with Gasteiger partial charge in [0.05, 0.1) is 0 Å². The molecule has 0 atom stereocenters. The quantitative estimate of drug-likeness (QED) is 0.841. The van der Waals surface area contributed by atoms with Crippen molar-refractivity contribution in [2.45, 2.75) is 25.5 Å². The molecule has 22 heavy (non-hydrogen) atoms. The lowest BCUT2D eigenvalue weighted by atomic mass is 10.2. The molecule has 0 radical (unpaired) electrons. The smallest absolute Gasteiger partial charge is 0.412 e. The van der Waals surface area contributed by atoms with Gasteiger partial charge in [-0.15, -0.1) is 0 Å². The number of ether oxygens (including phenoxy) is 1. The second-order valence-electron chi connectivity index (χ2n) is 5.30. The number of carbonyl (C=O) groups is 1. The first-order chi connectivity index (χ1) is 10.6. The van der Waals surface area contributed by atoms with Crippen molar-refractivity contribution in [1.82, 2.24) is 0 Å². The summed E-state index contributed by atoms with van der Waals surface area (Å²) in [5.41, 5.74) is 1.77. The molecule has 0 bridgehead atoms. The van der Waals surface area contributed by atoms with Crippen LogP contribution in [0.2, 0.25) is 0 Å². The molecule has 0 saturated heterocycles. The van der Waals surface area contributed by atoms with E-state index in [0.717, 1.165) is 28.6 Å². The Labute approximate surface area is 137 Å². The van der Waals surface area contributed by atoms with Gasteiger partial charge < -0.3 is 9.84 Å². The molecule has 1 N–H and O–H groups in total. The summed E-state index contributed by atoms with van der Waals surface area (Å²) in [6.45, 7) is 0.476. The Bertz CT molecular complexity index is 668. The summed E-state index contributed by atoms with van der Waals surface area (Å²) in [4.78, 5) is 12.7. The Morgan fingerprint density at radius 3 is 2.55 bits per heavy atom. The van der Waals surface area contributed by atoms with Crippen LogP contribution in [-0.4, -0.2) is 17.2 Å². The molecule has 114 valence electrons. The third-order valence-electron chi connectivity index (χ3n) is 3.53.